The van der Waals surface area contributed by atoms with E-state index < -0.39 is 10.0 Å². The number of nitrogens with one attached hydrogen (secondary N) is 1. The van der Waals surface area contributed by atoms with Crippen molar-refractivity contribution in [3.05, 3.63) is 49.2 Å². The Kier molecular flexibility index (Phi) is 4.17. The highest BCUT2D eigenvalue weighted by atomic mass is 32.2. The van der Waals surface area contributed by atoms with Gasteiger partial charge in [-0.15, -0.1) is 0 Å². The lowest BCUT2D eigenvalue weighted by Gasteiger charge is -2.11. The molecule has 26 heavy (non-hydrogen) atoms. The molecule has 134 valence electrons. The third kappa shape index (κ3) is 3.31. The molecule has 10 heteroatoms. The van der Waals surface area contributed by atoms with E-state index in [1.807, 2.05) is 0 Å². The molecule has 0 saturated carbocycles. The van der Waals surface area contributed by atoms with Crippen molar-refractivity contribution >= 4 is 15.7 Å². The molecular weight excluding hydrogens is 358 g/mol. The van der Waals surface area contributed by atoms with Crippen LogP contribution in [0.5, 0.6) is 11.5 Å². The first-order chi connectivity index (χ1) is 12.6. The molecule has 0 fully saturated rings. The van der Waals surface area contributed by atoms with Gasteiger partial charge in [0.05, 0.1) is 30.0 Å². The molecule has 1 aromatic carbocycles. The first kappa shape index (κ1) is 16.3. The van der Waals surface area contributed by atoms with Gasteiger partial charge in [0.1, 0.15) is 12.7 Å². The molecule has 0 atom stereocenters. The Balaban J connectivity index is 1.56. The lowest BCUT2D eigenvalue weighted by molar-refractivity contribution is 0.297. The van der Waals surface area contributed by atoms with Crippen LogP contribution in [0.2, 0.25) is 0 Å². The predicted molar refractivity (Wildman–Crippen MR) is 92.0 cm³/mol. The zero-order chi connectivity index (χ0) is 18.0. The largest absolute Gasteiger partial charge is 0.490 e. The molecule has 0 saturated heterocycles. The summed E-state index contributed by atoms with van der Waals surface area (Å²) in [6, 6.07) is 7.78. The molecule has 3 aromatic rings. The number of pyridine rings is 1. The summed E-state index contributed by atoms with van der Waals surface area (Å²) < 4.78 is 40.3. The van der Waals surface area contributed by atoms with E-state index in [1.54, 1.807) is 18.2 Å². The number of anilines is 1. The molecule has 3 heterocycles. The van der Waals surface area contributed by atoms with Gasteiger partial charge >= 0.3 is 0 Å². The molecule has 0 unspecified atom stereocenters. The highest BCUT2D eigenvalue weighted by molar-refractivity contribution is 7.92. The number of aromatic nitrogens is 4. The Labute approximate surface area is 149 Å². The van der Waals surface area contributed by atoms with Gasteiger partial charge < -0.3 is 9.47 Å². The van der Waals surface area contributed by atoms with E-state index in [0.717, 1.165) is 6.42 Å². The Morgan fingerprint density at radius 1 is 1.08 bits per heavy atom. The summed E-state index contributed by atoms with van der Waals surface area (Å²) in [4.78, 5) is 8.10. The van der Waals surface area contributed by atoms with Gasteiger partial charge in [0.25, 0.3) is 10.0 Å². The minimum Gasteiger partial charge on any atom is -0.490 e. The predicted octanol–water partition coefficient (Wildman–Crippen LogP) is 1.62. The van der Waals surface area contributed by atoms with E-state index in [9.17, 15) is 8.42 Å². The number of rotatable bonds is 4. The second-order valence-electron chi connectivity index (χ2n) is 5.51. The second-order valence-corrected chi connectivity index (χ2v) is 7.19. The molecule has 0 amide bonds. The third-order valence-electron chi connectivity index (χ3n) is 3.68. The summed E-state index contributed by atoms with van der Waals surface area (Å²) in [7, 11) is -3.79. The Morgan fingerprint density at radius 2 is 1.92 bits per heavy atom. The monoisotopic (exact) mass is 373 g/mol. The van der Waals surface area contributed by atoms with Gasteiger partial charge in [0, 0.05) is 12.5 Å². The zero-order valence-corrected chi connectivity index (χ0v) is 14.4. The van der Waals surface area contributed by atoms with Gasteiger partial charge in [0.15, 0.2) is 17.3 Å². The lowest BCUT2D eigenvalue weighted by atomic mass is 10.3. The van der Waals surface area contributed by atoms with E-state index in [4.69, 9.17) is 9.47 Å². The first-order valence-electron chi connectivity index (χ1n) is 7.85. The fourth-order valence-corrected chi connectivity index (χ4v) is 3.49. The van der Waals surface area contributed by atoms with Gasteiger partial charge in [-0.05, 0) is 24.3 Å². The second kappa shape index (κ2) is 6.64. The molecule has 1 aliphatic rings. The molecule has 0 aliphatic carbocycles. The standard InChI is InChI=1S/C16H15N5O4S/c22-26(23,13-3-4-14-15(8-13)25-7-1-6-24-14)20-12-2-5-16(18-9-12)21-11-17-10-19-21/h2-5,8-11,20H,1,6-7H2. The third-order valence-corrected chi connectivity index (χ3v) is 5.06. The van der Waals surface area contributed by atoms with Crippen molar-refractivity contribution in [2.45, 2.75) is 11.3 Å². The Morgan fingerprint density at radius 3 is 2.65 bits per heavy atom. The highest BCUT2D eigenvalue weighted by Gasteiger charge is 2.19. The van der Waals surface area contributed by atoms with Crippen LogP contribution in [0.1, 0.15) is 6.42 Å². The van der Waals surface area contributed by atoms with Crippen molar-refractivity contribution in [3.63, 3.8) is 0 Å². The molecule has 0 radical (unpaired) electrons. The summed E-state index contributed by atoms with van der Waals surface area (Å²) in [5.41, 5.74) is 0.334. The zero-order valence-electron chi connectivity index (χ0n) is 13.6. The van der Waals surface area contributed by atoms with Crippen LogP contribution >= 0.6 is 0 Å². The van der Waals surface area contributed by atoms with E-state index >= 15 is 0 Å². The SMILES string of the molecule is O=S(=O)(Nc1ccc(-n2cncn2)nc1)c1ccc2c(c1)OCCCO2. The Hall–Kier alpha value is -3.14. The van der Waals surface area contributed by atoms with Crippen molar-refractivity contribution in [1.29, 1.82) is 0 Å². The molecule has 2 aromatic heterocycles. The fourth-order valence-electron chi connectivity index (χ4n) is 2.43. The fraction of sp³-hybridized carbons (Fsp3) is 0.188. The number of nitrogens with zero attached hydrogens (tertiary/aromatic N) is 4. The Bertz CT molecular complexity index is 1000. The number of ether oxygens (including phenoxy) is 2. The van der Waals surface area contributed by atoms with Crippen molar-refractivity contribution in [3.8, 4) is 17.3 Å². The van der Waals surface area contributed by atoms with Crippen LogP contribution in [-0.4, -0.2) is 41.4 Å². The summed E-state index contributed by atoms with van der Waals surface area (Å²) in [5.74, 6) is 1.49. The maximum Gasteiger partial charge on any atom is 0.262 e. The topological polar surface area (TPSA) is 108 Å². The maximum absolute atomic E-state index is 12.6. The summed E-state index contributed by atoms with van der Waals surface area (Å²) in [6.07, 6.45) is 5.06. The quantitative estimate of drug-likeness (QED) is 0.740. The summed E-state index contributed by atoms with van der Waals surface area (Å²) >= 11 is 0. The van der Waals surface area contributed by atoms with Crippen LogP contribution in [0.4, 0.5) is 5.69 Å². The normalized spacial score (nSPS) is 13.8. The maximum atomic E-state index is 12.6. The van der Waals surface area contributed by atoms with Gasteiger partial charge in [-0.2, -0.15) is 5.10 Å². The smallest absolute Gasteiger partial charge is 0.262 e. The highest BCUT2D eigenvalue weighted by Crippen LogP contribution is 2.32. The minimum absolute atomic E-state index is 0.0853. The average molecular weight is 373 g/mol. The van der Waals surface area contributed by atoms with Gasteiger partial charge in [-0.3, -0.25) is 4.72 Å². The number of hydrogen-bond donors (Lipinski definition) is 1. The van der Waals surface area contributed by atoms with E-state index in [2.05, 4.69) is 19.8 Å². The molecule has 0 bridgehead atoms. The van der Waals surface area contributed by atoms with Crippen LogP contribution in [0.3, 0.4) is 0 Å². The van der Waals surface area contributed by atoms with E-state index in [0.29, 0.717) is 36.2 Å². The van der Waals surface area contributed by atoms with E-state index in [1.165, 1.54) is 35.7 Å². The molecule has 9 nitrogen and oxygen atoms in total. The summed E-state index contributed by atoms with van der Waals surface area (Å²) in [6.45, 7) is 1.03. The number of fused-ring (bicyclic) bond motifs is 1. The minimum atomic E-state index is -3.79. The van der Waals surface area contributed by atoms with Gasteiger partial charge in [0.2, 0.25) is 0 Å². The average Bonchev–Trinajstić information content (AvgIpc) is 3.07. The van der Waals surface area contributed by atoms with E-state index in [-0.39, 0.29) is 4.90 Å². The van der Waals surface area contributed by atoms with Crippen LogP contribution in [0.15, 0.2) is 54.1 Å². The lowest BCUT2D eigenvalue weighted by Crippen LogP contribution is -2.13. The van der Waals surface area contributed by atoms with Crippen molar-refractivity contribution in [2.24, 2.45) is 0 Å². The van der Waals surface area contributed by atoms with Crippen LogP contribution in [0, 0.1) is 0 Å². The van der Waals surface area contributed by atoms with Gasteiger partial charge in [-0.25, -0.2) is 23.1 Å². The molecule has 0 spiro atoms. The first-order valence-corrected chi connectivity index (χ1v) is 9.34. The van der Waals surface area contributed by atoms with Crippen LogP contribution < -0.4 is 14.2 Å². The number of hydrogen-bond acceptors (Lipinski definition) is 7. The van der Waals surface area contributed by atoms with Gasteiger partial charge in [-0.1, -0.05) is 0 Å². The molecule has 4 rings (SSSR count). The summed E-state index contributed by atoms with van der Waals surface area (Å²) in [5, 5.41) is 3.97. The molecule has 1 aliphatic heterocycles. The number of sulfonamides is 1. The van der Waals surface area contributed by atoms with Crippen LogP contribution in [0.25, 0.3) is 5.82 Å². The molecular formula is C16H15N5O4S. The number of benzene rings is 1. The van der Waals surface area contributed by atoms with Crippen LogP contribution in [-0.2, 0) is 10.0 Å². The molecule has 1 N–H and O–H groups in total. The van der Waals surface area contributed by atoms with Crippen molar-refractivity contribution < 1.29 is 17.9 Å². The van der Waals surface area contributed by atoms with Crippen molar-refractivity contribution in [1.82, 2.24) is 19.7 Å². The van der Waals surface area contributed by atoms with Crippen molar-refractivity contribution in [2.75, 3.05) is 17.9 Å².